The smallest absolute Gasteiger partial charge is 0.240 e. The number of hydrogen-bond acceptors (Lipinski definition) is 3. The molecule has 0 saturated heterocycles. The van der Waals surface area contributed by atoms with Crippen LogP contribution in [0.15, 0.2) is 42.5 Å². The molecule has 5 nitrogen and oxygen atoms in total. The summed E-state index contributed by atoms with van der Waals surface area (Å²) in [6.45, 7) is 1.86. The van der Waals surface area contributed by atoms with Crippen molar-refractivity contribution in [3.63, 3.8) is 0 Å². The maximum absolute atomic E-state index is 12.7. The summed E-state index contributed by atoms with van der Waals surface area (Å²) in [6.07, 6.45) is 0.942. The number of nitrogens with one attached hydrogen (secondary N) is 2. The maximum atomic E-state index is 12.7. The van der Waals surface area contributed by atoms with Crippen LogP contribution in [0.5, 0.6) is 0 Å². The summed E-state index contributed by atoms with van der Waals surface area (Å²) >= 11 is 5.97. The van der Waals surface area contributed by atoms with E-state index < -0.39 is 11.3 Å². The molecule has 0 aliphatic heterocycles. The zero-order valence-corrected chi connectivity index (χ0v) is 14.4. The average molecular weight is 354 g/mol. The molecule has 0 unspecified atom stereocenters. The highest BCUT2D eigenvalue weighted by atomic mass is 35.5. The van der Waals surface area contributed by atoms with Gasteiger partial charge in [-0.15, -0.1) is 0 Å². The standard InChI is InChI=1S/C19H16ClN3O2/c1-12-6-7-14(20)10-16(12)23-18(25)19(8-9-19)17(24)22-15-5-3-2-4-13(15)11-21/h2-7,10H,8-9H2,1H3,(H,22,24)(H,23,25). The van der Waals surface area contributed by atoms with Crippen molar-refractivity contribution in [2.24, 2.45) is 5.41 Å². The largest absolute Gasteiger partial charge is 0.325 e. The predicted molar refractivity (Wildman–Crippen MR) is 96.3 cm³/mol. The number of nitriles is 1. The van der Waals surface area contributed by atoms with E-state index in [-0.39, 0.29) is 5.91 Å². The third-order valence-corrected chi connectivity index (χ3v) is 4.60. The molecular weight excluding hydrogens is 338 g/mol. The summed E-state index contributed by atoms with van der Waals surface area (Å²) in [5.74, 6) is -0.753. The Kier molecular flexibility index (Phi) is 4.47. The number of amides is 2. The van der Waals surface area contributed by atoms with Gasteiger partial charge < -0.3 is 10.6 Å². The van der Waals surface area contributed by atoms with Gasteiger partial charge in [-0.25, -0.2) is 0 Å². The lowest BCUT2D eigenvalue weighted by molar-refractivity contribution is -0.131. The van der Waals surface area contributed by atoms with Crippen LogP contribution in [0.4, 0.5) is 11.4 Å². The Bertz CT molecular complexity index is 898. The van der Waals surface area contributed by atoms with Crippen molar-refractivity contribution >= 4 is 34.8 Å². The van der Waals surface area contributed by atoms with Crippen LogP contribution in [-0.2, 0) is 9.59 Å². The summed E-state index contributed by atoms with van der Waals surface area (Å²) in [7, 11) is 0. The van der Waals surface area contributed by atoms with Gasteiger partial charge in [-0.2, -0.15) is 5.26 Å². The van der Waals surface area contributed by atoms with Crippen molar-refractivity contribution in [1.29, 1.82) is 5.26 Å². The molecule has 126 valence electrons. The van der Waals surface area contributed by atoms with Crippen LogP contribution in [-0.4, -0.2) is 11.8 Å². The molecule has 2 aromatic carbocycles. The SMILES string of the molecule is Cc1ccc(Cl)cc1NC(=O)C1(C(=O)Nc2ccccc2C#N)CC1. The second-order valence-electron chi connectivity index (χ2n) is 6.11. The Morgan fingerprint density at radius 2 is 1.72 bits per heavy atom. The predicted octanol–water partition coefficient (Wildman–Crippen LogP) is 3.88. The number of carbonyl (C=O) groups excluding carboxylic acids is 2. The summed E-state index contributed by atoms with van der Waals surface area (Å²) in [5.41, 5.74) is 1.13. The molecule has 0 spiro atoms. The van der Waals surface area contributed by atoms with Crippen LogP contribution in [0.1, 0.15) is 24.0 Å². The zero-order chi connectivity index (χ0) is 18.0. The fourth-order valence-electron chi connectivity index (χ4n) is 2.58. The first-order valence-corrected chi connectivity index (χ1v) is 8.22. The van der Waals surface area contributed by atoms with Crippen LogP contribution in [0, 0.1) is 23.7 Å². The summed E-state index contributed by atoms with van der Waals surface area (Å²) in [4.78, 5) is 25.3. The molecule has 0 heterocycles. The van der Waals surface area contributed by atoms with Gasteiger partial charge in [0.25, 0.3) is 0 Å². The molecule has 2 amide bonds. The van der Waals surface area contributed by atoms with Gasteiger partial charge in [-0.1, -0.05) is 29.8 Å². The quantitative estimate of drug-likeness (QED) is 0.818. The monoisotopic (exact) mass is 353 g/mol. The van der Waals surface area contributed by atoms with E-state index >= 15 is 0 Å². The molecule has 2 aromatic rings. The van der Waals surface area contributed by atoms with Crippen LogP contribution in [0.25, 0.3) is 0 Å². The number of rotatable bonds is 4. The third kappa shape index (κ3) is 3.35. The molecule has 25 heavy (non-hydrogen) atoms. The van der Waals surface area contributed by atoms with E-state index in [0.29, 0.717) is 34.8 Å². The topological polar surface area (TPSA) is 82.0 Å². The minimum atomic E-state index is -1.10. The van der Waals surface area contributed by atoms with E-state index in [1.54, 1.807) is 42.5 Å². The molecule has 2 N–H and O–H groups in total. The molecule has 1 saturated carbocycles. The minimum Gasteiger partial charge on any atom is -0.325 e. The molecule has 1 aliphatic carbocycles. The highest BCUT2D eigenvalue weighted by molar-refractivity contribution is 6.31. The zero-order valence-electron chi connectivity index (χ0n) is 13.6. The van der Waals surface area contributed by atoms with Crippen molar-refractivity contribution in [1.82, 2.24) is 0 Å². The molecule has 6 heteroatoms. The van der Waals surface area contributed by atoms with Gasteiger partial charge >= 0.3 is 0 Å². The first-order chi connectivity index (χ1) is 12.0. The van der Waals surface area contributed by atoms with E-state index in [9.17, 15) is 9.59 Å². The normalized spacial score (nSPS) is 14.3. The van der Waals surface area contributed by atoms with E-state index in [1.807, 2.05) is 13.0 Å². The van der Waals surface area contributed by atoms with Crippen molar-refractivity contribution in [2.75, 3.05) is 10.6 Å². The molecule has 3 rings (SSSR count). The van der Waals surface area contributed by atoms with E-state index in [0.717, 1.165) is 5.56 Å². The number of para-hydroxylation sites is 1. The number of anilines is 2. The number of aryl methyl sites for hydroxylation is 1. The Balaban J connectivity index is 1.77. The van der Waals surface area contributed by atoms with Crippen molar-refractivity contribution in [2.45, 2.75) is 19.8 Å². The molecule has 1 aliphatic rings. The van der Waals surface area contributed by atoms with Crippen LogP contribution >= 0.6 is 11.6 Å². The van der Waals surface area contributed by atoms with Crippen LogP contribution in [0.2, 0.25) is 5.02 Å². The fourth-order valence-corrected chi connectivity index (χ4v) is 2.76. The van der Waals surface area contributed by atoms with Gasteiger partial charge in [0.2, 0.25) is 11.8 Å². The Morgan fingerprint density at radius 3 is 2.36 bits per heavy atom. The Morgan fingerprint density at radius 1 is 1.08 bits per heavy atom. The summed E-state index contributed by atoms with van der Waals surface area (Å²) in [5, 5.41) is 15.1. The highest BCUT2D eigenvalue weighted by Crippen LogP contribution is 2.47. The van der Waals surface area contributed by atoms with Crippen molar-refractivity contribution in [3.05, 3.63) is 58.6 Å². The number of nitrogens with zero attached hydrogens (tertiary/aromatic N) is 1. The Hall–Kier alpha value is -2.84. The summed E-state index contributed by atoms with van der Waals surface area (Å²) < 4.78 is 0. The van der Waals surface area contributed by atoms with Crippen LogP contribution in [0.3, 0.4) is 0 Å². The molecule has 0 aromatic heterocycles. The van der Waals surface area contributed by atoms with E-state index in [1.165, 1.54) is 0 Å². The van der Waals surface area contributed by atoms with E-state index in [4.69, 9.17) is 16.9 Å². The second-order valence-corrected chi connectivity index (χ2v) is 6.54. The number of hydrogen-bond donors (Lipinski definition) is 2. The number of carbonyl (C=O) groups is 2. The second kappa shape index (κ2) is 6.58. The van der Waals surface area contributed by atoms with E-state index in [2.05, 4.69) is 10.6 Å². The van der Waals surface area contributed by atoms with Crippen molar-refractivity contribution in [3.8, 4) is 6.07 Å². The summed E-state index contributed by atoms with van der Waals surface area (Å²) in [6, 6.07) is 13.9. The number of halogens is 1. The highest BCUT2D eigenvalue weighted by Gasteiger charge is 2.56. The molecular formula is C19H16ClN3O2. The fraction of sp³-hybridized carbons (Fsp3) is 0.211. The first kappa shape index (κ1) is 17.0. The lowest BCUT2D eigenvalue weighted by atomic mass is 10.0. The van der Waals surface area contributed by atoms with Gasteiger partial charge in [-0.3, -0.25) is 9.59 Å². The van der Waals surface area contributed by atoms with Gasteiger partial charge in [0.15, 0.2) is 0 Å². The molecule has 0 atom stereocenters. The average Bonchev–Trinajstić information content (AvgIpc) is 3.40. The lowest BCUT2D eigenvalue weighted by Crippen LogP contribution is -2.36. The number of benzene rings is 2. The van der Waals surface area contributed by atoms with Gasteiger partial charge in [0.05, 0.1) is 11.3 Å². The molecule has 1 fully saturated rings. The van der Waals surface area contributed by atoms with Gasteiger partial charge in [0, 0.05) is 10.7 Å². The first-order valence-electron chi connectivity index (χ1n) is 7.84. The third-order valence-electron chi connectivity index (χ3n) is 4.36. The molecule has 0 bridgehead atoms. The van der Waals surface area contributed by atoms with Gasteiger partial charge in [0.1, 0.15) is 11.5 Å². The Labute approximate surface area is 150 Å². The lowest BCUT2D eigenvalue weighted by Gasteiger charge is -2.17. The maximum Gasteiger partial charge on any atom is 0.240 e. The van der Waals surface area contributed by atoms with Crippen LogP contribution < -0.4 is 10.6 Å². The minimum absolute atomic E-state index is 0.357. The van der Waals surface area contributed by atoms with Gasteiger partial charge in [-0.05, 0) is 49.6 Å². The van der Waals surface area contributed by atoms with Crippen molar-refractivity contribution < 1.29 is 9.59 Å². The molecule has 0 radical (unpaired) electrons.